The number of carbonyl (C=O) groups is 1. The van der Waals surface area contributed by atoms with Gasteiger partial charge in [0.15, 0.2) is 0 Å². The third-order valence-corrected chi connectivity index (χ3v) is 4.10. The number of hydrogen-bond donors (Lipinski definition) is 1. The Morgan fingerprint density at radius 2 is 1.96 bits per heavy atom. The first-order chi connectivity index (χ1) is 12.3. The summed E-state index contributed by atoms with van der Waals surface area (Å²) >= 11 is 5.94. The van der Waals surface area contributed by atoms with Gasteiger partial charge < -0.3 is 9.73 Å². The molecule has 0 bridgehead atoms. The Kier molecular flexibility index (Phi) is 4.90. The van der Waals surface area contributed by atoms with Crippen molar-refractivity contribution in [3.8, 4) is 11.5 Å². The Labute approximate surface area is 153 Å². The molecule has 0 saturated heterocycles. The summed E-state index contributed by atoms with van der Waals surface area (Å²) in [5.74, 6) is -1.64. The van der Waals surface area contributed by atoms with Gasteiger partial charge in [0, 0.05) is 16.3 Å². The SMILES string of the molecule is Cc1ccc(Cl)cc1NC(=O)C(C)n1nc(-c2ccc(F)cc2)oc1=O. The van der Waals surface area contributed by atoms with E-state index in [1.807, 2.05) is 6.92 Å². The monoisotopic (exact) mass is 375 g/mol. The van der Waals surface area contributed by atoms with Crippen LogP contribution in [-0.2, 0) is 4.79 Å². The maximum Gasteiger partial charge on any atom is 0.438 e. The van der Waals surface area contributed by atoms with Crippen LogP contribution < -0.4 is 11.1 Å². The Morgan fingerprint density at radius 1 is 1.27 bits per heavy atom. The molecule has 0 aliphatic heterocycles. The van der Waals surface area contributed by atoms with Gasteiger partial charge in [-0.05, 0) is 55.8 Å². The Bertz CT molecular complexity index is 1010. The molecule has 0 radical (unpaired) electrons. The average molecular weight is 376 g/mol. The number of nitrogens with zero attached hydrogens (tertiary/aromatic N) is 2. The van der Waals surface area contributed by atoms with E-state index < -0.39 is 23.5 Å². The summed E-state index contributed by atoms with van der Waals surface area (Å²) in [4.78, 5) is 24.5. The lowest BCUT2D eigenvalue weighted by Crippen LogP contribution is -2.30. The lowest BCUT2D eigenvalue weighted by atomic mass is 10.2. The zero-order chi connectivity index (χ0) is 18.8. The number of carbonyl (C=O) groups excluding carboxylic acids is 1. The first kappa shape index (κ1) is 17.9. The summed E-state index contributed by atoms with van der Waals surface area (Å²) < 4.78 is 19.0. The predicted octanol–water partition coefficient (Wildman–Crippen LogP) is 3.80. The van der Waals surface area contributed by atoms with Gasteiger partial charge in [-0.15, -0.1) is 5.10 Å². The number of rotatable bonds is 4. The molecular weight excluding hydrogens is 361 g/mol. The number of amides is 1. The minimum absolute atomic E-state index is 0.00795. The van der Waals surface area contributed by atoms with Crippen molar-refractivity contribution >= 4 is 23.2 Å². The molecule has 0 saturated carbocycles. The van der Waals surface area contributed by atoms with E-state index in [4.69, 9.17) is 16.0 Å². The average Bonchev–Trinajstić information content (AvgIpc) is 2.99. The molecule has 1 heterocycles. The highest BCUT2D eigenvalue weighted by atomic mass is 35.5. The molecule has 0 aliphatic carbocycles. The van der Waals surface area contributed by atoms with E-state index in [0.717, 1.165) is 10.2 Å². The van der Waals surface area contributed by atoms with E-state index in [2.05, 4.69) is 10.4 Å². The molecule has 3 aromatic rings. The van der Waals surface area contributed by atoms with Crippen molar-refractivity contribution < 1.29 is 13.6 Å². The van der Waals surface area contributed by atoms with Crippen LogP contribution in [0.3, 0.4) is 0 Å². The standard InChI is InChI=1S/C18H15ClFN3O3/c1-10-3-6-13(19)9-15(10)21-16(24)11(2)23-18(25)26-17(22-23)12-4-7-14(20)8-5-12/h3-9,11H,1-2H3,(H,21,24). The first-order valence-corrected chi connectivity index (χ1v) is 8.15. The maximum absolute atomic E-state index is 13.0. The molecule has 2 aromatic carbocycles. The lowest BCUT2D eigenvalue weighted by molar-refractivity contribution is -0.119. The van der Waals surface area contributed by atoms with Crippen molar-refractivity contribution in [1.29, 1.82) is 0 Å². The number of benzene rings is 2. The molecule has 1 aromatic heterocycles. The molecule has 134 valence electrons. The van der Waals surface area contributed by atoms with Crippen molar-refractivity contribution in [3.05, 3.63) is 69.4 Å². The Morgan fingerprint density at radius 3 is 2.65 bits per heavy atom. The van der Waals surface area contributed by atoms with Gasteiger partial charge >= 0.3 is 5.76 Å². The van der Waals surface area contributed by atoms with Crippen molar-refractivity contribution in [2.24, 2.45) is 0 Å². The highest BCUT2D eigenvalue weighted by Gasteiger charge is 2.22. The number of aryl methyl sites for hydroxylation is 1. The van der Waals surface area contributed by atoms with Crippen LogP contribution in [0.5, 0.6) is 0 Å². The lowest BCUT2D eigenvalue weighted by Gasteiger charge is -2.13. The van der Waals surface area contributed by atoms with Crippen LogP contribution in [0, 0.1) is 12.7 Å². The zero-order valence-electron chi connectivity index (χ0n) is 14.0. The van der Waals surface area contributed by atoms with Crippen molar-refractivity contribution in [1.82, 2.24) is 9.78 Å². The fourth-order valence-corrected chi connectivity index (χ4v) is 2.49. The van der Waals surface area contributed by atoms with Crippen LogP contribution in [0.1, 0.15) is 18.5 Å². The van der Waals surface area contributed by atoms with Gasteiger partial charge in [0.25, 0.3) is 0 Å². The van der Waals surface area contributed by atoms with Crippen LogP contribution >= 0.6 is 11.6 Å². The molecule has 1 unspecified atom stereocenters. The molecular formula is C18H15ClFN3O3. The number of anilines is 1. The minimum atomic E-state index is -0.918. The second-order valence-electron chi connectivity index (χ2n) is 5.75. The number of hydrogen-bond acceptors (Lipinski definition) is 4. The predicted molar refractivity (Wildman–Crippen MR) is 95.7 cm³/mol. The quantitative estimate of drug-likeness (QED) is 0.752. The smallest absolute Gasteiger partial charge is 0.388 e. The molecule has 3 rings (SSSR count). The second kappa shape index (κ2) is 7.13. The maximum atomic E-state index is 13.0. The number of halogens is 2. The van der Waals surface area contributed by atoms with E-state index >= 15 is 0 Å². The van der Waals surface area contributed by atoms with Crippen molar-refractivity contribution in [3.63, 3.8) is 0 Å². The molecule has 0 aliphatic rings. The highest BCUT2D eigenvalue weighted by molar-refractivity contribution is 6.31. The van der Waals surface area contributed by atoms with E-state index in [-0.39, 0.29) is 5.89 Å². The minimum Gasteiger partial charge on any atom is -0.388 e. The second-order valence-corrected chi connectivity index (χ2v) is 6.19. The van der Waals surface area contributed by atoms with Crippen LogP contribution in [-0.4, -0.2) is 15.7 Å². The van der Waals surface area contributed by atoms with Crippen LogP contribution in [0.2, 0.25) is 5.02 Å². The molecule has 1 amide bonds. The fraction of sp³-hybridized carbons (Fsp3) is 0.167. The molecule has 6 nitrogen and oxygen atoms in total. The van der Waals surface area contributed by atoms with Crippen molar-refractivity contribution in [2.75, 3.05) is 5.32 Å². The summed E-state index contributed by atoms with van der Waals surface area (Å²) in [5, 5.41) is 7.24. The van der Waals surface area contributed by atoms with Gasteiger partial charge in [-0.25, -0.2) is 9.18 Å². The van der Waals surface area contributed by atoms with Crippen LogP contribution in [0.15, 0.2) is 51.7 Å². The van der Waals surface area contributed by atoms with E-state index in [9.17, 15) is 14.0 Å². The van der Waals surface area contributed by atoms with E-state index in [1.54, 1.807) is 18.2 Å². The fourth-order valence-electron chi connectivity index (χ4n) is 2.32. The molecule has 26 heavy (non-hydrogen) atoms. The van der Waals surface area contributed by atoms with Gasteiger partial charge in [-0.2, -0.15) is 4.68 Å². The van der Waals surface area contributed by atoms with Gasteiger partial charge in [0.1, 0.15) is 11.9 Å². The molecule has 0 spiro atoms. The third kappa shape index (κ3) is 3.67. The summed E-state index contributed by atoms with van der Waals surface area (Å²) in [6, 6.07) is 9.52. The van der Waals surface area contributed by atoms with Crippen LogP contribution in [0.4, 0.5) is 10.1 Å². The van der Waals surface area contributed by atoms with Crippen molar-refractivity contribution in [2.45, 2.75) is 19.9 Å². The summed E-state index contributed by atoms with van der Waals surface area (Å²) in [6.07, 6.45) is 0. The third-order valence-electron chi connectivity index (χ3n) is 3.86. The summed E-state index contributed by atoms with van der Waals surface area (Å²) in [6.45, 7) is 3.35. The molecule has 1 N–H and O–H groups in total. The Hall–Kier alpha value is -2.93. The normalized spacial score (nSPS) is 12.0. The Balaban J connectivity index is 1.84. The zero-order valence-corrected chi connectivity index (χ0v) is 14.7. The van der Waals surface area contributed by atoms with Gasteiger partial charge in [0.05, 0.1) is 0 Å². The summed E-state index contributed by atoms with van der Waals surface area (Å²) in [5.41, 5.74) is 1.81. The van der Waals surface area contributed by atoms with Gasteiger partial charge in [-0.1, -0.05) is 17.7 Å². The van der Waals surface area contributed by atoms with E-state index in [0.29, 0.717) is 16.3 Å². The first-order valence-electron chi connectivity index (χ1n) is 7.78. The van der Waals surface area contributed by atoms with Gasteiger partial charge in [-0.3, -0.25) is 4.79 Å². The molecule has 1 atom stereocenters. The summed E-state index contributed by atoms with van der Waals surface area (Å²) in [7, 11) is 0. The highest BCUT2D eigenvalue weighted by Crippen LogP contribution is 2.22. The molecule has 0 fully saturated rings. The number of nitrogens with one attached hydrogen (secondary N) is 1. The molecule has 8 heteroatoms. The number of aromatic nitrogens is 2. The van der Waals surface area contributed by atoms with E-state index in [1.165, 1.54) is 31.2 Å². The topological polar surface area (TPSA) is 77.1 Å². The van der Waals surface area contributed by atoms with Gasteiger partial charge in [0.2, 0.25) is 11.8 Å². The largest absolute Gasteiger partial charge is 0.438 e. The van der Waals surface area contributed by atoms with Crippen LogP contribution in [0.25, 0.3) is 11.5 Å².